The van der Waals surface area contributed by atoms with Crippen molar-refractivity contribution >= 4 is 11.8 Å². The maximum absolute atomic E-state index is 12.0. The van der Waals surface area contributed by atoms with Crippen molar-refractivity contribution in [2.45, 2.75) is 26.9 Å². The molecule has 2 rings (SSSR count). The first-order valence-corrected chi connectivity index (χ1v) is 8.49. The molecule has 2 amide bonds. The van der Waals surface area contributed by atoms with Crippen molar-refractivity contribution in [3.63, 3.8) is 0 Å². The monoisotopic (exact) mass is 372 g/mol. The molecule has 2 aromatic carbocycles. The number of rotatable bonds is 7. The van der Waals surface area contributed by atoms with Gasteiger partial charge in [0.2, 0.25) is 0 Å². The number of hydrazine groups is 1. The average molecular weight is 372 g/mol. The third-order valence-electron chi connectivity index (χ3n) is 3.82. The van der Waals surface area contributed by atoms with E-state index < -0.39 is 17.9 Å². The number of carbonyl (C=O) groups is 2. The number of benzene rings is 2. The standard InChI is InChI=1S/C20H24N2O5/c1-13-6-5-7-14(2)19(13)26-12-18(23)21-22-20(24)15(3)27-17-10-8-16(25-4)9-11-17/h5-11,15H,12H2,1-4H3,(H,21,23)(H,22,24). The lowest BCUT2D eigenvalue weighted by Crippen LogP contribution is -2.48. The minimum Gasteiger partial charge on any atom is -0.497 e. The molecule has 7 heteroatoms. The van der Waals surface area contributed by atoms with Gasteiger partial charge >= 0.3 is 0 Å². The van der Waals surface area contributed by atoms with Crippen LogP contribution in [0.4, 0.5) is 0 Å². The van der Waals surface area contributed by atoms with Crippen molar-refractivity contribution in [2.24, 2.45) is 0 Å². The van der Waals surface area contributed by atoms with Crippen LogP contribution in [0, 0.1) is 13.8 Å². The summed E-state index contributed by atoms with van der Waals surface area (Å²) >= 11 is 0. The van der Waals surface area contributed by atoms with E-state index in [-0.39, 0.29) is 6.61 Å². The van der Waals surface area contributed by atoms with Gasteiger partial charge in [-0.1, -0.05) is 18.2 Å². The van der Waals surface area contributed by atoms with Crippen LogP contribution in [0.15, 0.2) is 42.5 Å². The molecule has 0 aliphatic heterocycles. The minimum atomic E-state index is -0.793. The van der Waals surface area contributed by atoms with E-state index in [1.54, 1.807) is 38.3 Å². The van der Waals surface area contributed by atoms with Crippen LogP contribution < -0.4 is 25.1 Å². The van der Waals surface area contributed by atoms with Crippen LogP contribution in [-0.2, 0) is 9.59 Å². The quantitative estimate of drug-likeness (QED) is 0.729. The van der Waals surface area contributed by atoms with Gasteiger partial charge in [0.1, 0.15) is 17.2 Å². The van der Waals surface area contributed by atoms with E-state index >= 15 is 0 Å². The number of ether oxygens (including phenoxy) is 3. The summed E-state index contributed by atoms with van der Waals surface area (Å²) < 4.78 is 16.1. The van der Waals surface area contributed by atoms with Crippen LogP contribution in [0.25, 0.3) is 0 Å². The second kappa shape index (κ2) is 9.47. The molecule has 0 heterocycles. The lowest BCUT2D eigenvalue weighted by molar-refractivity contribution is -0.133. The summed E-state index contributed by atoms with van der Waals surface area (Å²) in [6, 6.07) is 12.6. The molecule has 27 heavy (non-hydrogen) atoms. The molecule has 2 N–H and O–H groups in total. The summed E-state index contributed by atoms with van der Waals surface area (Å²) in [6.45, 7) is 5.18. The van der Waals surface area contributed by atoms with Gasteiger partial charge in [-0.05, 0) is 56.2 Å². The molecule has 1 unspecified atom stereocenters. The Balaban J connectivity index is 1.77. The van der Waals surface area contributed by atoms with Crippen molar-refractivity contribution in [2.75, 3.05) is 13.7 Å². The van der Waals surface area contributed by atoms with Crippen molar-refractivity contribution in [3.05, 3.63) is 53.6 Å². The predicted molar refractivity (Wildman–Crippen MR) is 101 cm³/mol. The molecule has 0 fully saturated rings. The molecule has 0 radical (unpaired) electrons. The third kappa shape index (κ3) is 5.91. The number of aryl methyl sites for hydroxylation is 2. The highest BCUT2D eigenvalue weighted by Gasteiger charge is 2.16. The Kier molecular flexibility index (Phi) is 7.05. The van der Waals surface area contributed by atoms with E-state index in [1.165, 1.54) is 0 Å². The molecule has 0 spiro atoms. The first-order valence-electron chi connectivity index (χ1n) is 8.49. The van der Waals surface area contributed by atoms with Crippen LogP contribution >= 0.6 is 0 Å². The van der Waals surface area contributed by atoms with Gasteiger partial charge in [-0.15, -0.1) is 0 Å². The number of para-hydroxylation sites is 1. The highest BCUT2D eigenvalue weighted by Crippen LogP contribution is 2.22. The molecule has 1 atom stereocenters. The first kappa shape index (κ1) is 20.1. The van der Waals surface area contributed by atoms with Crippen LogP contribution in [0.5, 0.6) is 17.2 Å². The van der Waals surface area contributed by atoms with Crippen molar-refractivity contribution < 1.29 is 23.8 Å². The Morgan fingerprint density at radius 1 is 0.963 bits per heavy atom. The van der Waals surface area contributed by atoms with Crippen molar-refractivity contribution in [1.82, 2.24) is 10.9 Å². The fraction of sp³-hybridized carbons (Fsp3) is 0.300. The van der Waals surface area contributed by atoms with E-state index in [4.69, 9.17) is 14.2 Å². The number of hydrogen-bond acceptors (Lipinski definition) is 5. The van der Waals surface area contributed by atoms with Gasteiger partial charge in [-0.3, -0.25) is 20.4 Å². The maximum Gasteiger partial charge on any atom is 0.279 e. The topological polar surface area (TPSA) is 85.9 Å². The van der Waals surface area contributed by atoms with Crippen LogP contribution in [-0.4, -0.2) is 31.6 Å². The molecule has 0 aromatic heterocycles. The Labute approximate surface area is 158 Å². The summed E-state index contributed by atoms with van der Waals surface area (Å²) in [6.07, 6.45) is -0.793. The number of nitrogens with one attached hydrogen (secondary N) is 2. The number of amides is 2. The summed E-state index contributed by atoms with van der Waals surface area (Å²) in [5.74, 6) is 0.919. The number of carbonyl (C=O) groups excluding carboxylic acids is 2. The third-order valence-corrected chi connectivity index (χ3v) is 3.82. The molecular formula is C20H24N2O5. The largest absolute Gasteiger partial charge is 0.497 e. The summed E-state index contributed by atoms with van der Waals surface area (Å²) in [5.41, 5.74) is 6.51. The second-order valence-corrected chi connectivity index (χ2v) is 5.98. The zero-order chi connectivity index (χ0) is 19.8. The predicted octanol–water partition coefficient (Wildman–Crippen LogP) is 2.31. The Morgan fingerprint density at radius 3 is 2.15 bits per heavy atom. The molecule has 0 aliphatic carbocycles. The van der Waals surface area contributed by atoms with E-state index in [0.29, 0.717) is 17.2 Å². The molecule has 2 aromatic rings. The molecule has 0 saturated carbocycles. The van der Waals surface area contributed by atoms with Crippen LogP contribution in [0.2, 0.25) is 0 Å². The maximum atomic E-state index is 12.0. The summed E-state index contributed by atoms with van der Waals surface area (Å²) in [5, 5.41) is 0. The lowest BCUT2D eigenvalue weighted by atomic mass is 10.1. The fourth-order valence-electron chi connectivity index (χ4n) is 2.35. The average Bonchev–Trinajstić information content (AvgIpc) is 2.66. The van der Waals surface area contributed by atoms with Gasteiger partial charge in [-0.2, -0.15) is 0 Å². The molecule has 0 bridgehead atoms. The van der Waals surface area contributed by atoms with Gasteiger partial charge in [0.15, 0.2) is 12.7 Å². The molecule has 7 nitrogen and oxygen atoms in total. The zero-order valence-corrected chi connectivity index (χ0v) is 15.9. The van der Waals surface area contributed by atoms with Gasteiger partial charge < -0.3 is 14.2 Å². The van der Waals surface area contributed by atoms with Gasteiger partial charge in [-0.25, -0.2) is 0 Å². The number of methoxy groups -OCH3 is 1. The normalized spacial score (nSPS) is 11.3. The first-order chi connectivity index (χ1) is 12.9. The molecule has 0 saturated heterocycles. The van der Waals surface area contributed by atoms with E-state index in [1.807, 2.05) is 32.0 Å². The van der Waals surface area contributed by atoms with E-state index in [2.05, 4.69) is 10.9 Å². The smallest absolute Gasteiger partial charge is 0.279 e. The minimum absolute atomic E-state index is 0.209. The SMILES string of the molecule is COc1ccc(OC(C)C(=O)NNC(=O)COc2c(C)cccc2C)cc1. The van der Waals surface area contributed by atoms with Gasteiger partial charge in [0.05, 0.1) is 7.11 Å². The summed E-state index contributed by atoms with van der Waals surface area (Å²) in [4.78, 5) is 23.9. The number of hydrogen-bond donors (Lipinski definition) is 2. The van der Waals surface area contributed by atoms with Crippen molar-refractivity contribution in [1.29, 1.82) is 0 Å². The van der Waals surface area contributed by atoms with Crippen LogP contribution in [0.3, 0.4) is 0 Å². The van der Waals surface area contributed by atoms with Gasteiger partial charge in [0.25, 0.3) is 11.8 Å². The Hall–Kier alpha value is -3.22. The Bertz CT molecular complexity index is 769. The fourth-order valence-corrected chi connectivity index (χ4v) is 2.35. The summed E-state index contributed by atoms with van der Waals surface area (Å²) in [7, 11) is 1.57. The van der Waals surface area contributed by atoms with Gasteiger partial charge in [0, 0.05) is 0 Å². The second-order valence-electron chi connectivity index (χ2n) is 5.98. The van der Waals surface area contributed by atoms with E-state index in [0.717, 1.165) is 11.1 Å². The van der Waals surface area contributed by atoms with Crippen molar-refractivity contribution in [3.8, 4) is 17.2 Å². The Morgan fingerprint density at radius 2 is 1.56 bits per heavy atom. The highest BCUT2D eigenvalue weighted by molar-refractivity contribution is 5.85. The lowest BCUT2D eigenvalue weighted by Gasteiger charge is -2.16. The zero-order valence-electron chi connectivity index (χ0n) is 15.9. The highest BCUT2D eigenvalue weighted by atomic mass is 16.5. The molecule has 0 aliphatic rings. The molecular weight excluding hydrogens is 348 g/mol. The van der Waals surface area contributed by atoms with Crippen LogP contribution in [0.1, 0.15) is 18.1 Å². The van der Waals surface area contributed by atoms with E-state index in [9.17, 15) is 9.59 Å². The molecule has 144 valence electrons.